The van der Waals surface area contributed by atoms with E-state index >= 15 is 4.39 Å². The Bertz CT molecular complexity index is 2400. The Kier molecular flexibility index (Phi) is 10.6. The zero-order valence-corrected chi connectivity index (χ0v) is 32.7. The molecule has 1 unspecified atom stereocenters. The van der Waals surface area contributed by atoms with Gasteiger partial charge in [-0.3, -0.25) is 29.1 Å². The summed E-state index contributed by atoms with van der Waals surface area (Å²) >= 11 is 0. The fraction of sp³-hybridized carbons (Fsp3) is 0.422. The number of imide groups is 1. The number of nitrogen functional groups attached to an aromatic ring is 1. The minimum absolute atomic E-state index is 0.0592. The number of aromatic nitrogens is 4. The summed E-state index contributed by atoms with van der Waals surface area (Å²) < 4.78 is 17.7. The highest BCUT2D eigenvalue weighted by Gasteiger charge is 2.32. The van der Waals surface area contributed by atoms with Crippen LogP contribution in [-0.2, 0) is 14.4 Å². The second kappa shape index (κ2) is 16.3. The summed E-state index contributed by atoms with van der Waals surface area (Å²) in [6, 6.07) is 15.3. The number of nitrogens with zero attached hydrogens (tertiary/aromatic N) is 6. The van der Waals surface area contributed by atoms with Gasteiger partial charge in [-0.1, -0.05) is 36.8 Å². The van der Waals surface area contributed by atoms with Gasteiger partial charge in [0.1, 0.15) is 28.7 Å². The summed E-state index contributed by atoms with van der Waals surface area (Å²) in [5.74, 6) is 0.488. The molecule has 0 radical (unpaired) electrons. The monoisotopic (exact) mass is 783 g/mol. The molecule has 1 aliphatic carbocycles. The molecule has 3 atom stereocenters. The molecular weight excluding hydrogens is 734 g/mol. The van der Waals surface area contributed by atoms with Crippen molar-refractivity contribution in [2.45, 2.75) is 82.1 Å². The molecule has 4 N–H and O–H groups in total. The minimum atomic E-state index is -0.513. The smallest absolute Gasteiger partial charge is 0.234 e. The molecule has 3 aromatic heterocycles. The molecule has 12 nitrogen and oxygen atoms in total. The first-order chi connectivity index (χ1) is 28.3. The molecular formula is C45H50FN9O3. The van der Waals surface area contributed by atoms with Gasteiger partial charge in [0.05, 0.1) is 29.0 Å². The van der Waals surface area contributed by atoms with E-state index in [1.54, 1.807) is 6.07 Å². The Labute approximate surface area is 337 Å². The Morgan fingerprint density at radius 1 is 0.879 bits per heavy atom. The van der Waals surface area contributed by atoms with E-state index in [2.05, 4.69) is 54.1 Å². The number of pyridine rings is 1. The number of benzene rings is 2. The molecule has 2 aromatic carbocycles. The number of carbonyl (C=O) groups is 3. The molecule has 0 spiro atoms. The molecule has 3 fully saturated rings. The number of fused-ring (bicyclic) bond motifs is 4. The van der Waals surface area contributed by atoms with Crippen molar-refractivity contribution >= 4 is 51.7 Å². The van der Waals surface area contributed by atoms with Crippen LogP contribution in [-0.4, -0.2) is 80.7 Å². The highest BCUT2D eigenvalue weighted by atomic mass is 19.1. The van der Waals surface area contributed by atoms with Gasteiger partial charge >= 0.3 is 0 Å². The minimum Gasteiger partial charge on any atom is -0.382 e. The maximum Gasteiger partial charge on any atom is 0.234 e. The Hall–Kier alpha value is -5.69. The average molecular weight is 784 g/mol. The van der Waals surface area contributed by atoms with Crippen molar-refractivity contribution in [2.75, 3.05) is 43.4 Å². The second-order valence-corrected chi connectivity index (χ2v) is 16.5. The van der Waals surface area contributed by atoms with E-state index < -0.39 is 5.92 Å². The maximum atomic E-state index is 15.5. The molecule has 3 amide bonds. The van der Waals surface area contributed by atoms with Crippen LogP contribution in [0.3, 0.4) is 0 Å². The normalized spacial score (nSPS) is 23.3. The Balaban J connectivity index is 0.923. The first kappa shape index (κ1) is 37.9. The Morgan fingerprint density at radius 3 is 2.59 bits per heavy atom. The van der Waals surface area contributed by atoms with Gasteiger partial charge in [-0.25, -0.2) is 14.4 Å². The summed E-state index contributed by atoms with van der Waals surface area (Å²) in [6.07, 6.45) is 15.4. The van der Waals surface area contributed by atoms with Crippen LogP contribution in [0.4, 0.5) is 15.9 Å². The first-order valence-electron chi connectivity index (χ1n) is 20.9. The topological polar surface area (TPSA) is 151 Å². The molecule has 58 heavy (non-hydrogen) atoms. The van der Waals surface area contributed by atoms with Crippen LogP contribution in [0.2, 0.25) is 0 Å². The number of halogens is 1. The highest BCUT2D eigenvalue weighted by Crippen LogP contribution is 2.39. The summed E-state index contributed by atoms with van der Waals surface area (Å²) in [4.78, 5) is 56.7. The number of hydrogen-bond donors (Lipinski definition) is 3. The maximum absolute atomic E-state index is 15.5. The number of nitrogens with one attached hydrogen (secondary N) is 2. The van der Waals surface area contributed by atoms with Crippen LogP contribution in [0.15, 0.2) is 67.0 Å². The number of hydrogen-bond acceptors (Lipinski definition) is 9. The summed E-state index contributed by atoms with van der Waals surface area (Å²) in [7, 11) is 0. The van der Waals surface area contributed by atoms with E-state index in [1.807, 2.05) is 36.7 Å². The lowest BCUT2D eigenvalue weighted by Gasteiger charge is -2.36. The van der Waals surface area contributed by atoms with E-state index in [-0.39, 0.29) is 41.9 Å². The molecule has 13 heteroatoms. The van der Waals surface area contributed by atoms with Gasteiger partial charge in [0, 0.05) is 74.7 Å². The lowest BCUT2D eigenvalue weighted by atomic mass is 9.85. The van der Waals surface area contributed by atoms with Crippen LogP contribution in [0.1, 0.15) is 93.1 Å². The average Bonchev–Trinajstić information content (AvgIpc) is 3.64. The Morgan fingerprint density at radius 2 is 1.74 bits per heavy atom. The molecule has 4 aliphatic rings. The lowest BCUT2D eigenvalue weighted by Crippen LogP contribution is -2.42. The van der Waals surface area contributed by atoms with E-state index in [1.165, 1.54) is 6.07 Å². The molecule has 2 bridgehead atoms. The number of anilines is 2. The molecule has 1 saturated carbocycles. The van der Waals surface area contributed by atoms with Crippen molar-refractivity contribution < 1.29 is 18.8 Å². The summed E-state index contributed by atoms with van der Waals surface area (Å²) in [6.45, 7) is 3.77. The molecule has 2 saturated heterocycles. The van der Waals surface area contributed by atoms with Crippen LogP contribution in [0.25, 0.3) is 33.8 Å². The standard InChI is InChI=1S/C45H50FN9O3/c46-36-24-29(35-12-14-39(56)51-45(35)58)11-13-38(36)54-20-15-28(16-21-54)27-53-18-4-3-9-34-26-49-43(47)42-41(32-22-30-6-1-2-10-37(30)48-25-32)52-44(55(34)42)31-7-5-8-33(23-31)50-40(57)17-19-53/h1-3,6,9-11,13,22,24-26,28,31,33,35H,4-5,7-8,12,14-21,23,27H2,(H2,47,49)(H,50,57)(H,51,56,58)/b9-3+/t31-,33-,35?/m1/s1. The predicted molar refractivity (Wildman–Crippen MR) is 222 cm³/mol. The quantitative estimate of drug-likeness (QED) is 0.173. The SMILES string of the molecule is Nc1ncc2n3c(nc(-c4cnc5ccccc5c4)c13)[C@@H]1CCC[C@H](C1)NC(=O)CCN(CC1CCN(c3ccc(C4CCC(=O)NC4=O)cc3F)CC1)CC/C=C/2. The predicted octanol–water partition coefficient (Wildman–Crippen LogP) is 6.35. The zero-order valence-electron chi connectivity index (χ0n) is 32.7. The first-order valence-corrected chi connectivity index (χ1v) is 20.9. The van der Waals surface area contributed by atoms with Crippen molar-refractivity contribution in [1.82, 2.24) is 34.9 Å². The van der Waals surface area contributed by atoms with Gasteiger partial charge < -0.3 is 20.9 Å². The number of carbonyl (C=O) groups excluding carboxylic acids is 3. The van der Waals surface area contributed by atoms with Crippen LogP contribution in [0, 0.1) is 11.7 Å². The van der Waals surface area contributed by atoms with Gasteiger partial charge in [0.2, 0.25) is 17.7 Å². The van der Waals surface area contributed by atoms with Gasteiger partial charge in [0.25, 0.3) is 0 Å². The second-order valence-electron chi connectivity index (χ2n) is 16.5. The van der Waals surface area contributed by atoms with E-state index in [0.717, 1.165) is 110 Å². The summed E-state index contributed by atoms with van der Waals surface area (Å²) in [5.41, 5.74) is 12.1. The number of nitrogens with two attached hydrogens (primary N) is 1. The third-order valence-corrected chi connectivity index (χ3v) is 12.6. The fourth-order valence-corrected chi connectivity index (χ4v) is 9.58. The fourth-order valence-electron chi connectivity index (χ4n) is 9.58. The van der Waals surface area contributed by atoms with Crippen LogP contribution >= 0.6 is 0 Å². The van der Waals surface area contributed by atoms with Crippen LogP contribution in [0.5, 0.6) is 0 Å². The molecule has 3 aliphatic heterocycles. The zero-order chi connectivity index (χ0) is 39.8. The van der Waals surface area contributed by atoms with E-state index in [9.17, 15) is 14.4 Å². The molecule has 9 rings (SSSR count). The lowest BCUT2D eigenvalue weighted by molar-refractivity contribution is -0.134. The van der Waals surface area contributed by atoms with Crippen molar-refractivity contribution in [1.29, 1.82) is 0 Å². The number of para-hydroxylation sites is 1. The number of piperidine rings is 2. The molecule has 6 heterocycles. The molecule has 300 valence electrons. The van der Waals surface area contributed by atoms with Gasteiger partial charge in [-0.05, 0) is 86.8 Å². The number of rotatable bonds is 5. The van der Waals surface area contributed by atoms with Crippen molar-refractivity contribution in [3.8, 4) is 11.3 Å². The van der Waals surface area contributed by atoms with Gasteiger partial charge in [-0.2, -0.15) is 0 Å². The van der Waals surface area contributed by atoms with E-state index in [4.69, 9.17) is 15.7 Å². The van der Waals surface area contributed by atoms with Crippen molar-refractivity contribution in [2.24, 2.45) is 5.92 Å². The highest BCUT2D eigenvalue weighted by molar-refractivity contribution is 6.01. The number of amides is 3. The number of imidazole rings is 1. The van der Waals surface area contributed by atoms with Crippen molar-refractivity contribution in [3.05, 3.63) is 89.9 Å². The van der Waals surface area contributed by atoms with E-state index in [0.29, 0.717) is 42.4 Å². The third-order valence-electron chi connectivity index (χ3n) is 12.6. The largest absolute Gasteiger partial charge is 0.382 e. The van der Waals surface area contributed by atoms with Crippen LogP contribution < -0.4 is 21.3 Å². The van der Waals surface area contributed by atoms with Gasteiger partial charge in [0.15, 0.2) is 0 Å². The van der Waals surface area contributed by atoms with Crippen molar-refractivity contribution in [3.63, 3.8) is 0 Å². The van der Waals surface area contributed by atoms with Gasteiger partial charge in [-0.15, -0.1) is 0 Å². The molecule has 5 aromatic rings. The third kappa shape index (κ3) is 7.79. The summed E-state index contributed by atoms with van der Waals surface area (Å²) in [5, 5.41) is 6.78.